The molecule has 0 aliphatic carbocycles. The third kappa shape index (κ3) is 2.20. The van der Waals surface area contributed by atoms with Crippen LogP contribution < -0.4 is 4.90 Å². The molecule has 0 unspecified atom stereocenters. The van der Waals surface area contributed by atoms with E-state index < -0.39 is 0 Å². The van der Waals surface area contributed by atoms with Crippen molar-refractivity contribution >= 4 is 5.69 Å². The maximum absolute atomic E-state index is 8.64. The zero-order chi connectivity index (χ0) is 8.10. The van der Waals surface area contributed by atoms with Crippen LogP contribution in [0.25, 0.3) is 0 Å². The maximum Gasteiger partial charge on any atom is 0.0606 e. The van der Waals surface area contributed by atoms with Crippen molar-refractivity contribution in [1.82, 2.24) is 4.98 Å². The van der Waals surface area contributed by atoms with Crippen LogP contribution in [-0.2, 0) is 0 Å². The molecule has 0 saturated heterocycles. The second kappa shape index (κ2) is 3.93. The number of aliphatic hydroxyl groups excluding tert-OH is 1. The summed E-state index contributed by atoms with van der Waals surface area (Å²) in [6.07, 6.45) is 3.48. The van der Waals surface area contributed by atoms with Crippen LogP contribution in [0.5, 0.6) is 0 Å². The highest BCUT2D eigenvalue weighted by molar-refractivity contribution is 5.43. The smallest absolute Gasteiger partial charge is 0.0606 e. The largest absolute Gasteiger partial charge is 0.395 e. The molecule has 0 radical (unpaired) electrons. The average Bonchev–Trinajstić information content (AvgIpc) is 2.07. The van der Waals surface area contributed by atoms with Gasteiger partial charge in [0.1, 0.15) is 0 Å². The predicted octanol–water partition coefficient (Wildman–Crippen LogP) is 0.510. The number of hydrogen-bond acceptors (Lipinski definition) is 3. The zero-order valence-corrected chi connectivity index (χ0v) is 6.57. The normalized spacial score (nSPS) is 9.64. The minimum atomic E-state index is 0.179. The van der Waals surface area contributed by atoms with Crippen molar-refractivity contribution in [3.05, 3.63) is 24.5 Å². The Hall–Kier alpha value is -1.09. The van der Waals surface area contributed by atoms with E-state index in [4.69, 9.17) is 5.11 Å². The Morgan fingerprint density at radius 2 is 2.09 bits per heavy atom. The van der Waals surface area contributed by atoms with Gasteiger partial charge >= 0.3 is 0 Å². The first-order valence-corrected chi connectivity index (χ1v) is 3.56. The minimum absolute atomic E-state index is 0.179. The summed E-state index contributed by atoms with van der Waals surface area (Å²) in [7, 11) is 1.94. The first kappa shape index (κ1) is 8.01. The molecule has 1 aromatic rings. The summed E-state index contributed by atoms with van der Waals surface area (Å²) in [4.78, 5) is 5.87. The molecule has 0 bridgehead atoms. The number of aromatic nitrogens is 1. The standard InChI is InChI=1S/C8H12N2O/c1-10(6-7-11)8-2-4-9-5-3-8/h2-5,11H,6-7H2,1H3. The molecule has 1 heterocycles. The van der Waals surface area contributed by atoms with Crippen LogP contribution in [0.4, 0.5) is 5.69 Å². The van der Waals surface area contributed by atoms with E-state index in [2.05, 4.69) is 4.98 Å². The van der Waals surface area contributed by atoms with Crippen molar-refractivity contribution in [1.29, 1.82) is 0 Å². The van der Waals surface area contributed by atoms with E-state index in [1.165, 1.54) is 0 Å². The van der Waals surface area contributed by atoms with Crippen molar-refractivity contribution in [2.24, 2.45) is 0 Å². The van der Waals surface area contributed by atoms with E-state index in [1.54, 1.807) is 12.4 Å². The lowest BCUT2D eigenvalue weighted by molar-refractivity contribution is 0.304. The molecule has 0 fully saturated rings. The van der Waals surface area contributed by atoms with E-state index >= 15 is 0 Å². The molecule has 0 aliphatic heterocycles. The molecule has 1 rings (SSSR count). The van der Waals surface area contributed by atoms with Gasteiger partial charge in [-0.05, 0) is 12.1 Å². The molecule has 60 valence electrons. The lowest BCUT2D eigenvalue weighted by Gasteiger charge is -2.16. The van der Waals surface area contributed by atoms with E-state index in [0.717, 1.165) is 5.69 Å². The van der Waals surface area contributed by atoms with Crippen molar-refractivity contribution in [2.45, 2.75) is 0 Å². The molecule has 3 nitrogen and oxygen atoms in total. The van der Waals surface area contributed by atoms with Gasteiger partial charge in [-0.15, -0.1) is 0 Å². The van der Waals surface area contributed by atoms with Gasteiger partial charge < -0.3 is 10.0 Å². The Balaban J connectivity index is 2.61. The summed E-state index contributed by atoms with van der Waals surface area (Å²) in [5.74, 6) is 0. The first-order valence-electron chi connectivity index (χ1n) is 3.56. The van der Waals surface area contributed by atoms with Gasteiger partial charge in [-0.1, -0.05) is 0 Å². The summed E-state index contributed by atoms with van der Waals surface area (Å²) in [5.41, 5.74) is 1.08. The van der Waals surface area contributed by atoms with Crippen LogP contribution in [-0.4, -0.2) is 30.3 Å². The van der Waals surface area contributed by atoms with Gasteiger partial charge in [0.2, 0.25) is 0 Å². The van der Waals surface area contributed by atoms with Crippen molar-refractivity contribution in [3.63, 3.8) is 0 Å². The Kier molecular flexibility index (Phi) is 2.86. The number of likely N-dealkylation sites (N-methyl/N-ethyl adjacent to an activating group) is 1. The third-order valence-electron chi connectivity index (χ3n) is 1.54. The van der Waals surface area contributed by atoms with E-state index in [9.17, 15) is 0 Å². The van der Waals surface area contributed by atoms with E-state index in [1.807, 2.05) is 24.1 Å². The highest BCUT2D eigenvalue weighted by Crippen LogP contribution is 2.07. The van der Waals surface area contributed by atoms with Gasteiger partial charge in [-0.25, -0.2) is 0 Å². The Morgan fingerprint density at radius 1 is 1.45 bits per heavy atom. The Bertz CT molecular complexity index is 201. The molecule has 0 atom stereocenters. The SMILES string of the molecule is CN(CCO)c1ccncc1. The first-order chi connectivity index (χ1) is 5.34. The average molecular weight is 152 g/mol. The van der Waals surface area contributed by atoms with Crippen molar-refractivity contribution in [3.8, 4) is 0 Å². The third-order valence-corrected chi connectivity index (χ3v) is 1.54. The second-order valence-corrected chi connectivity index (χ2v) is 2.35. The zero-order valence-electron chi connectivity index (χ0n) is 6.57. The molecular formula is C8H12N2O. The number of hydrogen-bond donors (Lipinski definition) is 1. The topological polar surface area (TPSA) is 36.4 Å². The molecule has 11 heavy (non-hydrogen) atoms. The number of rotatable bonds is 3. The second-order valence-electron chi connectivity index (χ2n) is 2.35. The van der Waals surface area contributed by atoms with Gasteiger partial charge in [-0.2, -0.15) is 0 Å². The highest BCUT2D eigenvalue weighted by atomic mass is 16.3. The fourth-order valence-corrected chi connectivity index (χ4v) is 0.878. The Labute approximate surface area is 66.3 Å². The number of pyridine rings is 1. The fraction of sp³-hybridized carbons (Fsp3) is 0.375. The highest BCUT2D eigenvalue weighted by Gasteiger charge is 1.96. The molecule has 0 amide bonds. The molecule has 0 spiro atoms. The maximum atomic E-state index is 8.64. The number of aliphatic hydroxyl groups is 1. The van der Waals surface area contributed by atoms with Gasteiger partial charge in [0.15, 0.2) is 0 Å². The number of anilines is 1. The molecule has 1 aromatic heterocycles. The van der Waals surface area contributed by atoms with Crippen LogP contribution >= 0.6 is 0 Å². The fourth-order valence-electron chi connectivity index (χ4n) is 0.878. The van der Waals surface area contributed by atoms with Crippen LogP contribution in [0.2, 0.25) is 0 Å². The van der Waals surface area contributed by atoms with E-state index in [0.29, 0.717) is 6.54 Å². The molecule has 0 aliphatic rings. The summed E-state index contributed by atoms with van der Waals surface area (Å²) in [6.45, 7) is 0.836. The quantitative estimate of drug-likeness (QED) is 0.685. The molecule has 1 N–H and O–H groups in total. The van der Waals surface area contributed by atoms with Gasteiger partial charge in [0.25, 0.3) is 0 Å². The summed E-state index contributed by atoms with van der Waals surface area (Å²) in [5, 5.41) is 8.64. The summed E-state index contributed by atoms with van der Waals surface area (Å²) < 4.78 is 0. The van der Waals surface area contributed by atoms with Gasteiger partial charge in [0.05, 0.1) is 6.61 Å². The summed E-state index contributed by atoms with van der Waals surface area (Å²) >= 11 is 0. The van der Waals surface area contributed by atoms with Crippen molar-refractivity contribution in [2.75, 3.05) is 25.1 Å². The lowest BCUT2D eigenvalue weighted by Crippen LogP contribution is -2.20. The molecule has 0 saturated carbocycles. The molecule has 0 aromatic carbocycles. The predicted molar refractivity (Wildman–Crippen MR) is 44.6 cm³/mol. The van der Waals surface area contributed by atoms with Crippen LogP contribution in [0.1, 0.15) is 0 Å². The number of nitrogens with zero attached hydrogens (tertiary/aromatic N) is 2. The van der Waals surface area contributed by atoms with Crippen LogP contribution in [0, 0.1) is 0 Å². The monoisotopic (exact) mass is 152 g/mol. The van der Waals surface area contributed by atoms with Gasteiger partial charge in [-0.3, -0.25) is 4.98 Å². The van der Waals surface area contributed by atoms with Gasteiger partial charge in [0, 0.05) is 31.7 Å². The van der Waals surface area contributed by atoms with E-state index in [-0.39, 0.29) is 6.61 Å². The Morgan fingerprint density at radius 3 is 2.64 bits per heavy atom. The molecular weight excluding hydrogens is 140 g/mol. The van der Waals surface area contributed by atoms with Crippen molar-refractivity contribution < 1.29 is 5.11 Å². The lowest BCUT2D eigenvalue weighted by atomic mass is 10.4. The summed E-state index contributed by atoms with van der Waals surface area (Å²) in [6, 6.07) is 3.82. The van der Waals surface area contributed by atoms with Crippen LogP contribution in [0.15, 0.2) is 24.5 Å². The molecule has 3 heteroatoms. The van der Waals surface area contributed by atoms with Crippen LogP contribution in [0.3, 0.4) is 0 Å². The minimum Gasteiger partial charge on any atom is -0.395 e.